The highest BCUT2D eigenvalue weighted by Crippen LogP contribution is 2.24. The lowest BCUT2D eigenvalue weighted by molar-refractivity contribution is -0.143. The molecule has 137 heavy (non-hydrogen) atoms. The number of aromatic nitrogens is 7. The van der Waals surface area contributed by atoms with Gasteiger partial charge in [0.2, 0.25) is 88.6 Å². The molecule has 26 N–H and O–H groups in total. The number of rotatable bonds is 56. The first-order valence-corrected chi connectivity index (χ1v) is 47.5. The molecule has 0 aliphatic carbocycles. The van der Waals surface area contributed by atoms with Crippen molar-refractivity contribution in [2.45, 2.75) is 285 Å². The number of ether oxygens (including phenoxy) is 2. The van der Waals surface area contributed by atoms with Gasteiger partial charge in [-0.2, -0.15) is 0 Å². The highest BCUT2D eigenvalue weighted by atomic mass is 16.5. The molecule has 0 bridgehead atoms. The van der Waals surface area contributed by atoms with E-state index in [1.807, 2.05) is 18.2 Å². The monoisotopic (exact) mass is 1920 g/mol. The minimum absolute atomic E-state index is 0.00364. The number of nitrogens with one attached hydrogen (secondary N) is 18. The number of imidazole rings is 1. The number of primary amides is 1. The van der Waals surface area contributed by atoms with E-state index >= 15 is 4.79 Å². The van der Waals surface area contributed by atoms with Crippen LogP contribution in [0.4, 0.5) is 0 Å². The highest BCUT2D eigenvalue weighted by Gasteiger charge is 2.44. The molecule has 0 saturated carbocycles. The number of aliphatic hydroxyl groups excluding tert-OH is 2. The minimum atomic E-state index is -1.74. The lowest BCUT2D eigenvalue weighted by atomic mass is 10.0. The molecule has 2 saturated heterocycles. The largest absolute Gasteiger partial charge is 0.394 e. The highest BCUT2D eigenvalue weighted by molar-refractivity contribution is 6.00. The Labute approximate surface area is 795 Å². The van der Waals surface area contributed by atoms with E-state index in [9.17, 15) is 82.1 Å². The topological polar surface area (TPSA) is 705 Å². The van der Waals surface area contributed by atoms with Gasteiger partial charge in [-0.05, 0) is 98.8 Å². The van der Waals surface area contributed by atoms with Crippen LogP contribution in [0.25, 0.3) is 10.9 Å². The maximum absolute atomic E-state index is 15.3. The molecule has 46 heteroatoms. The maximum atomic E-state index is 15.3. The van der Waals surface area contributed by atoms with Crippen LogP contribution >= 0.6 is 0 Å². The lowest BCUT2D eigenvalue weighted by Crippen LogP contribution is -2.60. The van der Waals surface area contributed by atoms with Crippen molar-refractivity contribution in [3.05, 3.63) is 96.0 Å². The summed E-state index contributed by atoms with van der Waals surface area (Å²) in [6, 6.07) is -0.926. The zero-order chi connectivity index (χ0) is 99.2. The van der Waals surface area contributed by atoms with Crippen molar-refractivity contribution in [3.8, 4) is 0 Å². The van der Waals surface area contributed by atoms with Gasteiger partial charge in [0, 0.05) is 107 Å². The number of Topliss-reactive ketones (excluding diaryl/α,β-unsaturated/α-hetero) is 1. The lowest BCUT2D eigenvalue weighted by Gasteiger charge is -2.31. The van der Waals surface area contributed by atoms with E-state index in [2.05, 4.69) is 110 Å². The number of guanidine groups is 1. The van der Waals surface area contributed by atoms with E-state index in [1.165, 1.54) is 70.8 Å². The number of carbonyl (C=O) groups excluding carboxylic acids is 16. The summed E-state index contributed by atoms with van der Waals surface area (Å²) in [5.41, 5.74) is 19.6. The second kappa shape index (κ2) is 61.9. The van der Waals surface area contributed by atoms with E-state index in [0.29, 0.717) is 30.4 Å². The number of fused-ring (bicyclic) bond motifs is 2. The van der Waals surface area contributed by atoms with Gasteiger partial charge in [-0.1, -0.05) is 139 Å². The fourth-order valence-corrected chi connectivity index (χ4v) is 15.7. The quantitative estimate of drug-likeness (QED) is 0.0109. The average molecular weight is 1920 g/mol. The van der Waals surface area contributed by atoms with Crippen LogP contribution in [-0.2, 0) is 112 Å². The van der Waals surface area contributed by atoms with Crippen LogP contribution in [0.1, 0.15) is 210 Å². The van der Waals surface area contributed by atoms with Crippen LogP contribution in [0.3, 0.4) is 0 Å². The molecule has 3 aromatic heterocycles. The molecule has 7 rings (SSSR count). The molecule has 5 heterocycles. The first-order valence-electron chi connectivity index (χ1n) is 47.5. The summed E-state index contributed by atoms with van der Waals surface area (Å²) in [6.45, 7) is 0.429. The number of aliphatic hydroxyl groups is 2. The van der Waals surface area contributed by atoms with E-state index in [0.717, 1.165) is 60.2 Å². The molecule has 2 aliphatic rings. The zero-order valence-corrected chi connectivity index (χ0v) is 78.3. The van der Waals surface area contributed by atoms with E-state index < -0.39 is 220 Å². The SMILES string of the molecule is CCCC[C@H](NC(=O)[C@@H](N)CNC(=O)[C@H](Cc1c[nH]cn1)NC(=O)[C@H](CCC(N)=O)NC(=O)[C@H](CO)NC(=O)CNC(=O)COCCOCCNC(=O)CCCCCCCCCCCCCCCc1nnn[nH]1)C(=O)N[C@H]1CCC(=O)NCCCC[C@@H](C(C)=O)NC(=O)[C@H](Cc2c[nH]c3ccccc23)NC(=O)[C@H](CCCNC(=N)N)NC(=O)[C@@H](Cc2ccccc2)NC(=O)[C@@H]2C[C@@H](O)CN2C1=O. The third kappa shape index (κ3) is 42.1. The molecule has 15 amide bonds. The second-order valence-corrected chi connectivity index (χ2v) is 34.4. The molecule has 0 spiro atoms. The molecular formula is C91H140N26O20. The van der Waals surface area contributed by atoms with Gasteiger partial charge in [0.05, 0.1) is 57.1 Å². The molecule has 754 valence electrons. The second-order valence-electron chi connectivity index (χ2n) is 34.4. The number of hydrogen-bond donors (Lipinski definition) is 23. The first kappa shape index (κ1) is 111. The van der Waals surface area contributed by atoms with Crippen LogP contribution in [0.5, 0.6) is 0 Å². The van der Waals surface area contributed by atoms with Crippen molar-refractivity contribution >= 4 is 111 Å². The third-order valence-electron chi connectivity index (χ3n) is 23.3. The van der Waals surface area contributed by atoms with Gasteiger partial charge < -0.3 is 126 Å². The van der Waals surface area contributed by atoms with Crippen LogP contribution in [0.2, 0.25) is 0 Å². The number of para-hydroxylation sites is 1. The number of amides is 15. The van der Waals surface area contributed by atoms with Gasteiger partial charge in [0.15, 0.2) is 11.7 Å². The fourth-order valence-electron chi connectivity index (χ4n) is 15.7. The van der Waals surface area contributed by atoms with Crippen molar-refractivity contribution in [2.24, 2.45) is 17.2 Å². The smallest absolute Gasteiger partial charge is 0.246 e. The molecular weight excluding hydrogens is 1780 g/mol. The Kier molecular flexibility index (Phi) is 50.2. The first-order chi connectivity index (χ1) is 66.0. The van der Waals surface area contributed by atoms with Crippen molar-refractivity contribution in [3.63, 3.8) is 0 Å². The number of aryl methyl sites for hydroxylation is 1. The van der Waals surface area contributed by atoms with Crippen LogP contribution < -0.4 is 91.6 Å². The maximum Gasteiger partial charge on any atom is 0.246 e. The summed E-state index contributed by atoms with van der Waals surface area (Å²) < 4.78 is 10.8. The van der Waals surface area contributed by atoms with Crippen molar-refractivity contribution in [1.29, 1.82) is 5.41 Å². The number of tetrazole rings is 1. The standard InChI is InChI=1S/C91H140N26O20/c1-3-4-29-66(83(128)109-69-36-38-78(123)97-39-24-23-30-64(57(2)119)105-87(132)71(46-59-49-100-65-31-22-21-28-62(59)65)110-84(129)67(32-25-40-99-91(94)95)107-86(131)70(45-58-26-17-16-18-27-58)112-89(134)74-48-61(120)53-117(74)90(69)135)106-81(126)63(92)51-102-82(127)72(47-60-50-96-56-103-60)111-85(130)68(35-37-75(93)121)108-88(133)73(54-118)104-79(124)52-101-80(125)55-137-44-43-136-42-41-98-77(122)34-20-15-13-11-9-7-5-6-8-10-12-14-19-33-76-113-115-116-114-76/h16-18,21-22,26-28,31,49-50,56,61,63-64,66-74,100,118,120H,3-15,19-20,23-25,29-30,32-48,51-55,92H2,1-2H3,(H2,93,121)(H,96,103)(H,97,123)(H,98,122)(H,101,125)(H,102,127)(H,104,124)(H,105,132)(H,106,126)(H,107,131)(H,108,133)(H,109,128)(H,110,129)(H,111,130)(H,112,134)(H4,94,95,99)(H,113,114,115,116)/t61-,63+,64+,66+,67+,68+,69+,70-,71+,72+,73+,74+/m1/s1. The van der Waals surface area contributed by atoms with Crippen LogP contribution in [0.15, 0.2) is 73.3 Å². The Hall–Kier alpha value is -13.0. The summed E-state index contributed by atoms with van der Waals surface area (Å²) in [4.78, 5) is 234. The van der Waals surface area contributed by atoms with Gasteiger partial charge in [0.25, 0.3) is 0 Å². The number of aromatic amines is 3. The van der Waals surface area contributed by atoms with Gasteiger partial charge in [-0.15, -0.1) is 5.10 Å². The Bertz CT molecular complexity index is 4660. The molecule has 12 atom stereocenters. The van der Waals surface area contributed by atoms with Crippen molar-refractivity contribution in [1.82, 2.24) is 115 Å². The number of nitrogens with zero attached hydrogens (tertiary/aromatic N) is 5. The van der Waals surface area contributed by atoms with E-state index in [4.69, 9.17) is 32.1 Å². The summed E-state index contributed by atoms with van der Waals surface area (Å²) >= 11 is 0. The third-order valence-corrected chi connectivity index (χ3v) is 23.3. The molecule has 2 fully saturated rings. The number of ketones is 1. The predicted molar refractivity (Wildman–Crippen MR) is 500 cm³/mol. The van der Waals surface area contributed by atoms with Gasteiger partial charge in [0.1, 0.15) is 72.8 Å². The Morgan fingerprint density at radius 2 is 1.27 bits per heavy atom. The zero-order valence-electron chi connectivity index (χ0n) is 78.3. The number of benzene rings is 2. The molecule has 46 nitrogen and oxygen atoms in total. The minimum Gasteiger partial charge on any atom is -0.394 e. The van der Waals surface area contributed by atoms with Gasteiger partial charge in [-0.3, -0.25) is 82.1 Å². The number of carbonyl (C=O) groups is 16. The Morgan fingerprint density at radius 1 is 0.620 bits per heavy atom. The van der Waals surface area contributed by atoms with Crippen LogP contribution in [0, 0.1) is 5.41 Å². The summed E-state index contributed by atoms with van der Waals surface area (Å²) in [5, 5.41) is 80.6. The molecule has 5 aromatic rings. The van der Waals surface area contributed by atoms with E-state index in [-0.39, 0.29) is 121 Å². The van der Waals surface area contributed by atoms with Crippen LogP contribution in [-0.4, -0.2) is 296 Å². The Balaban J connectivity index is 0.926. The summed E-state index contributed by atoms with van der Waals surface area (Å²) in [5.74, 6) is -12.7. The predicted octanol–water partition coefficient (Wildman–Crippen LogP) is -2.45. The van der Waals surface area contributed by atoms with Gasteiger partial charge >= 0.3 is 0 Å². The number of hydrogen-bond acceptors (Lipinski definition) is 26. The normalized spacial score (nSPS) is 18.7. The average Bonchev–Trinajstić information content (AvgIpc) is 1.58. The number of nitrogens with two attached hydrogens (primary N) is 3. The van der Waals surface area contributed by atoms with Crippen molar-refractivity contribution < 1.29 is 96.4 Å². The van der Waals surface area contributed by atoms with E-state index in [1.54, 1.807) is 49.5 Å². The summed E-state index contributed by atoms with van der Waals surface area (Å²) in [6.07, 6.45) is 17.8. The van der Waals surface area contributed by atoms with Crippen molar-refractivity contribution in [2.75, 3.05) is 72.3 Å². The number of unbranched alkanes of at least 4 members (excludes halogenated alkanes) is 13. The number of H-pyrrole nitrogens is 3. The molecule has 2 aromatic carbocycles. The molecule has 2 aliphatic heterocycles. The van der Waals surface area contributed by atoms with Gasteiger partial charge in [-0.25, -0.2) is 10.1 Å². The summed E-state index contributed by atoms with van der Waals surface area (Å²) in [7, 11) is 0. The molecule has 0 unspecified atom stereocenters. The fraction of sp³-hybridized carbons (Fsp3) is 0.615. The Morgan fingerprint density at radius 3 is 1.96 bits per heavy atom. The molecule has 0 radical (unpaired) electrons.